The van der Waals surface area contributed by atoms with Crippen molar-refractivity contribution < 1.29 is 0 Å². The van der Waals surface area contributed by atoms with Crippen molar-refractivity contribution in [3.05, 3.63) is 96.6 Å². The Morgan fingerprint density at radius 2 is 1.24 bits per heavy atom. The highest BCUT2D eigenvalue weighted by atomic mass is 14.1. The second-order valence-corrected chi connectivity index (χ2v) is 3.92. The molecule has 0 saturated heterocycles. The van der Waals surface area contributed by atoms with E-state index in [2.05, 4.69) is 61.2 Å². The summed E-state index contributed by atoms with van der Waals surface area (Å²) in [5, 5.41) is 0. The molecule has 0 aromatic heterocycles. The molecule has 0 spiro atoms. The number of hydrogen-bond donors (Lipinski definition) is 0. The number of allylic oxidation sites excluding steroid dienone is 3. The van der Waals surface area contributed by atoms with Crippen molar-refractivity contribution in [2.75, 3.05) is 0 Å². The van der Waals surface area contributed by atoms with Gasteiger partial charge in [0.15, 0.2) is 0 Å². The minimum atomic E-state index is 0.301. The van der Waals surface area contributed by atoms with Gasteiger partial charge < -0.3 is 0 Å². The molecule has 0 heteroatoms. The van der Waals surface area contributed by atoms with Crippen molar-refractivity contribution in [1.29, 1.82) is 0 Å². The second kappa shape index (κ2) is 5.86. The summed E-state index contributed by atoms with van der Waals surface area (Å²) < 4.78 is 0. The van der Waals surface area contributed by atoms with Gasteiger partial charge in [-0.3, -0.25) is 0 Å². The van der Waals surface area contributed by atoms with Gasteiger partial charge in [0.25, 0.3) is 0 Å². The standard InChI is InChI=1S/C17H16/c1-2-3-14-17(15-10-6-4-7-11-15)16-12-8-5-9-13-16/h2-14,17H,1H2/b14-3+. The molecule has 84 valence electrons. The Kier molecular flexibility index (Phi) is 3.93. The maximum absolute atomic E-state index is 3.73. The smallest absolute Gasteiger partial charge is 0.0272 e. The summed E-state index contributed by atoms with van der Waals surface area (Å²) in [7, 11) is 0. The van der Waals surface area contributed by atoms with E-state index in [-0.39, 0.29) is 0 Å². The zero-order valence-corrected chi connectivity index (χ0v) is 9.79. The lowest BCUT2D eigenvalue weighted by molar-refractivity contribution is 1.03. The molecular formula is C17H16. The normalized spacial score (nSPS) is 10.9. The maximum atomic E-state index is 3.73. The molecule has 0 bridgehead atoms. The van der Waals surface area contributed by atoms with Crippen molar-refractivity contribution in [3.8, 4) is 0 Å². The van der Waals surface area contributed by atoms with Crippen molar-refractivity contribution in [3.63, 3.8) is 0 Å². The monoisotopic (exact) mass is 220 g/mol. The third-order valence-corrected chi connectivity index (χ3v) is 2.76. The summed E-state index contributed by atoms with van der Waals surface area (Å²) in [4.78, 5) is 0. The number of hydrogen-bond acceptors (Lipinski definition) is 0. The Bertz CT molecular complexity index is 440. The van der Waals surface area contributed by atoms with Crippen LogP contribution in [0.15, 0.2) is 85.5 Å². The van der Waals surface area contributed by atoms with Gasteiger partial charge in [-0.25, -0.2) is 0 Å². The second-order valence-electron chi connectivity index (χ2n) is 3.92. The maximum Gasteiger partial charge on any atom is 0.0272 e. The van der Waals surface area contributed by atoms with E-state index in [1.165, 1.54) is 11.1 Å². The molecule has 2 aromatic carbocycles. The lowest BCUT2D eigenvalue weighted by Gasteiger charge is -2.13. The van der Waals surface area contributed by atoms with Gasteiger partial charge in [-0.15, -0.1) is 0 Å². The van der Waals surface area contributed by atoms with E-state index in [1.54, 1.807) is 0 Å². The highest BCUT2D eigenvalue weighted by molar-refractivity contribution is 5.37. The zero-order chi connectivity index (χ0) is 11.9. The van der Waals surface area contributed by atoms with Crippen LogP contribution in [0.2, 0.25) is 0 Å². The molecule has 0 aliphatic rings. The van der Waals surface area contributed by atoms with Gasteiger partial charge in [-0.05, 0) is 11.1 Å². The van der Waals surface area contributed by atoms with Crippen LogP contribution >= 0.6 is 0 Å². The number of rotatable bonds is 4. The van der Waals surface area contributed by atoms with Gasteiger partial charge in [0.1, 0.15) is 0 Å². The molecule has 2 aromatic rings. The van der Waals surface area contributed by atoms with Crippen LogP contribution in [0.5, 0.6) is 0 Å². The predicted octanol–water partition coefficient (Wildman–Crippen LogP) is 4.56. The molecule has 0 nitrogen and oxygen atoms in total. The molecule has 2 rings (SSSR count). The Morgan fingerprint density at radius 3 is 1.65 bits per heavy atom. The van der Waals surface area contributed by atoms with Crippen molar-refractivity contribution in [2.24, 2.45) is 0 Å². The fraction of sp³-hybridized carbons (Fsp3) is 0.0588. The van der Waals surface area contributed by atoms with Gasteiger partial charge >= 0.3 is 0 Å². The first-order valence-electron chi connectivity index (χ1n) is 5.81. The SMILES string of the molecule is C=C/C=C/C(c1ccccc1)c1ccccc1. The topological polar surface area (TPSA) is 0 Å². The molecule has 0 aliphatic heterocycles. The van der Waals surface area contributed by atoms with Crippen LogP contribution in [0.4, 0.5) is 0 Å². The Labute approximate surface area is 103 Å². The quantitative estimate of drug-likeness (QED) is 0.662. The van der Waals surface area contributed by atoms with E-state index < -0.39 is 0 Å². The van der Waals surface area contributed by atoms with Gasteiger partial charge in [-0.2, -0.15) is 0 Å². The molecule has 0 amide bonds. The van der Waals surface area contributed by atoms with Gasteiger partial charge in [0.05, 0.1) is 0 Å². The van der Waals surface area contributed by atoms with E-state index in [9.17, 15) is 0 Å². The third-order valence-electron chi connectivity index (χ3n) is 2.76. The molecule has 0 fully saturated rings. The van der Waals surface area contributed by atoms with Gasteiger partial charge in [-0.1, -0.05) is 85.5 Å². The van der Waals surface area contributed by atoms with E-state index in [0.717, 1.165) is 0 Å². The van der Waals surface area contributed by atoms with Crippen LogP contribution in [-0.4, -0.2) is 0 Å². The average molecular weight is 220 g/mol. The lowest BCUT2D eigenvalue weighted by atomic mass is 9.91. The van der Waals surface area contributed by atoms with Crippen LogP contribution in [0.25, 0.3) is 0 Å². The van der Waals surface area contributed by atoms with Crippen LogP contribution in [0.3, 0.4) is 0 Å². The summed E-state index contributed by atoms with van der Waals surface area (Å²) >= 11 is 0. The van der Waals surface area contributed by atoms with Crippen LogP contribution in [-0.2, 0) is 0 Å². The zero-order valence-electron chi connectivity index (χ0n) is 9.79. The van der Waals surface area contributed by atoms with Gasteiger partial charge in [0.2, 0.25) is 0 Å². The first-order valence-corrected chi connectivity index (χ1v) is 5.81. The summed E-state index contributed by atoms with van der Waals surface area (Å²) in [6, 6.07) is 21.0. The molecule has 0 heterocycles. The lowest BCUT2D eigenvalue weighted by Crippen LogP contribution is -1.96. The fourth-order valence-corrected chi connectivity index (χ4v) is 1.93. The Hall–Kier alpha value is -2.08. The third kappa shape index (κ3) is 2.94. The minimum Gasteiger partial charge on any atom is -0.0991 e. The molecule has 0 radical (unpaired) electrons. The predicted molar refractivity (Wildman–Crippen MR) is 74.1 cm³/mol. The van der Waals surface area contributed by atoms with E-state index >= 15 is 0 Å². The van der Waals surface area contributed by atoms with Crippen LogP contribution < -0.4 is 0 Å². The summed E-state index contributed by atoms with van der Waals surface area (Å²) in [5.74, 6) is 0.301. The van der Waals surface area contributed by atoms with Crippen molar-refractivity contribution >= 4 is 0 Å². The molecule has 0 saturated carbocycles. The summed E-state index contributed by atoms with van der Waals surface area (Å²) in [6.45, 7) is 3.73. The Morgan fingerprint density at radius 1 is 0.765 bits per heavy atom. The minimum absolute atomic E-state index is 0.301. The molecule has 0 unspecified atom stereocenters. The van der Waals surface area contributed by atoms with Crippen LogP contribution in [0, 0.1) is 0 Å². The molecule has 17 heavy (non-hydrogen) atoms. The van der Waals surface area contributed by atoms with Crippen LogP contribution in [0.1, 0.15) is 17.0 Å². The highest BCUT2D eigenvalue weighted by Gasteiger charge is 2.08. The van der Waals surface area contributed by atoms with Crippen molar-refractivity contribution in [2.45, 2.75) is 5.92 Å². The van der Waals surface area contributed by atoms with Crippen molar-refractivity contribution in [1.82, 2.24) is 0 Å². The fourth-order valence-electron chi connectivity index (χ4n) is 1.93. The largest absolute Gasteiger partial charge is 0.0991 e. The molecule has 0 aliphatic carbocycles. The Balaban J connectivity index is 2.39. The van der Waals surface area contributed by atoms with Gasteiger partial charge in [0, 0.05) is 5.92 Å². The van der Waals surface area contributed by atoms with E-state index in [0.29, 0.717) is 5.92 Å². The molecule has 0 N–H and O–H groups in total. The van der Waals surface area contributed by atoms with E-state index in [1.807, 2.05) is 24.3 Å². The molecular weight excluding hydrogens is 204 g/mol. The van der Waals surface area contributed by atoms with E-state index in [4.69, 9.17) is 0 Å². The first-order chi connectivity index (χ1) is 8.42. The summed E-state index contributed by atoms with van der Waals surface area (Å²) in [5.41, 5.74) is 2.61. The molecule has 0 atom stereocenters. The highest BCUT2D eigenvalue weighted by Crippen LogP contribution is 2.25. The first kappa shape index (κ1) is 11.4. The number of benzene rings is 2. The average Bonchev–Trinajstić information content (AvgIpc) is 2.42. The summed E-state index contributed by atoms with van der Waals surface area (Å²) in [6.07, 6.45) is 6.00.